The number of aliphatic imine (C=N–C) groups is 1. The number of hydrogen-bond donors (Lipinski definition) is 0. The first-order valence-electron chi connectivity index (χ1n) is 7.06. The second kappa shape index (κ2) is 4.64. The maximum Gasteiger partial charge on any atom is 0.128 e. The Morgan fingerprint density at radius 2 is 1.75 bits per heavy atom. The third-order valence-electron chi connectivity index (χ3n) is 3.94. The van der Waals surface area contributed by atoms with E-state index < -0.39 is 0 Å². The summed E-state index contributed by atoms with van der Waals surface area (Å²) in [7, 11) is 0. The molecule has 2 heterocycles. The number of fused-ring (bicyclic) bond motifs is 3. The molecule has 0 amide bonds. The summed E-state index contributed by atoms with van der Waals surface area (Å²) in [6.07, 6.45) is 5.31. The van der Waals surface area contributed by atoms with E-state index in [4.69, 9.17) is 4.99 Å². The van der Waals surface area contributed by atoms with E-state index >= 15 is 0 Å². The minimum Gasteiger partial charge on any atom is -0.324 e. The van der Waals surface area contributed by atoms with E-state index in [0.29, 0.717) is 6.04 Å². The summed E-state index contributed by atoms with van der Waals surface area (Å²) in [6.45, 7) is 0.978. The molecule has 2 aliphatic heterocycles. The van der Waals surface area contributed by atoms with Crippen molar-refractivity contribution in [2.75, 3.05) is 11.4 Å². The van der Waals surface area contributed by atoms with Crippen LogP contribution in [-0.4, -0.2) is 18.4 Å². The molecule has 0 saturated heterocycles. The van der Waals surface area contributed by atoms with Crippen molar-refractivity contribution in [3.63, 3.8) is 0 Å². The lowest BCUT2D eigenvalue weighted by atomic mass is 10.1. The molecule has 98 valence electrons. The number of amidine groups is 1. The van der Waals surface area contributed by atoms with Crippen LogP contribution in [0.25, 0.3) is 6.08 Å². The number of nitrogens with zero attached hydrogens (tertiary/aromatic N) is 2. The van der Waals surface area contributed by atoms with E-state index in [9.17, 15) is 0 Å². The van der Waals surface area contributed by atoms with Gasteiger partial charge >= 0.3 is 0 Å². The molecule has 0 bridgehead atoms. The van der Waals surface area contributed by atoms with Gasteiger partial charge in [-0.3, -0.25) is 4.99 Å². The molecule has 0 aliphatic carbocycles. The Balaban J connectivity index is 1.60. The molecule has 2 aromatic carbocycles. The zero-order valence-electron chi connectivity index (χ0n) is 11.2. The highest BCUT2D eigenvalue weighted by atomic mass is 15.3. The fraction of sp³-hybridized carbons (Fsp3) is 0.167. The minimum absolute atomic E-state index is 0.350. The Bertz CT molecular complexity index is 686. The van der Waals surface area contributed by atoms with Crippen LogP contribution < -0.4 is 4.90 Å². The molecular weight excluding hydrogens is 244 g/mol. The molecule has 2 heteroatoms. The van der Waals surface area contributed by atoms with Gasteiger partial charge in [-0.15, -0.1) is 0 Å². The number of anilines is 1. The molecule has 20 heavy (non-hydrogen) atoms. The van der Waals surface area contributed by atoms with Crippen LogP contribution in [0.4, 0.5) is 5.69 Å². The van der Waals surface area contributed by atoms with Crippen molar-refractivity contribution in [3.8, 4) is 0 Å². The lowest BCUT2D eigenvalue weighted by Crippen LogP contribution is -2.30. The number of benzene rings is 2. The van der Waals surface area contributed by atoms with Crippen LogP contribution in [0.3, 0.4) is 0 Å². The Morgan fingerprint density at radius 3 is 2.65 bits per heavy atom. The van der Waals surface area contributed by atoms with Crippen LogP contribution in [0.1, 0.15) is 11.1 Å². The second-order valence-electron chi connectivity index (χ2n) is 5.33. The number of para-hydroxylation sites is 1. The SMILES string of the molecule is C1=Cc2ccccc2N2C[C@H](Cc3ccccc3)N=C12. The molecule has 4 rings (SSSR count). The van der Waals surface area contributed by atoms with Gasteiger partial charge in [0.15, 0.2) is 0 Å². The lowest BCUT2D eigenvalue weighted by Gasteiger charge is -2.24. The summed E-state index contributed by atoms with van der Waals surface area (Å²) in [4.78, 5) is 7.20. The van der Waals surface area contributed by atoms with Crippen molar-refractivity contribution in [3.05, 3.63) is 71.8 Å². The van der Waals surface area contributed by atoms with Gasteiger partial charge in [-0.2, -0.15) is 0 Å². The quantitative estimate of drug-likeness (QED) is 0.806. The Kier molecular flexibility index (Phi) is 2.66. The predicted octanol–water partition coefficient (Wildman–Crippen LogP) is 3.54. The van der Waals surface area contributed by atoms with Gasteiger partial charge in [0.1, 0.15) is 5.84 Å². The fourth-order valence-electron chi connectivity index (χ4n) is 2.99. The molecule has 1 atom stereocenters. The molecule has 0 saturated carbocycles. The number of rotatable bonds is 2. The maximum atomic E-state index is 4.86. The maximum absolute atomic E-state index is 4.86. The third-order valence-corrected chi connectivity index (χ3v) is 3.94. The molecule has 2 nitrogen and oxygen atoms in total. The van der Waals surface area contributed by atoms with Crippen LogP contribution in [-0.2, 0) is 6.42 Å². The smallest absolute Gasteiger partial charge is 0.128 e. The fourth-order valence-corrected chi connectivity index (χ4v) is 2.99. The highest BCUT2D eigenvalue weighted by Gasteiger charge is 2.27. The molecule has 0 spiro atoms. The van der Waals surface area contributed by atoms with Gasteiger partial charge in [-0.25, -0.2) is 0 Å². The number of hydrogen-bond acceptors (Lipinski definition) is 2. The van der Waals surface area contributed by atoms with E-state index in [1.54, 1.807) is 0 Å². The van der Waals surface area contributed by atoms with E-state index in [0.717, 1.165) is 18.8 Å². The average molecular weight is 260 g/mol. The molecule has 0 unspecified atom stereocenters. The van der Waals surface area contributed by atoms with Crippen LogP contribution >= 0.6 is 0 Å². The summed E-state index contributed by atoms with van der Waals surface area (Å²) in [5.41, 5.74) is 3.93. The molecular formula is C18H16N2. The first-order chi connectivity index (χ1) is 9.90. The van der Waals surface area contributed by atoms with Gasteiger partial charge in [0, 0.05) is 12.2 Å². The van der Waals surface area contributed by atoms with Crippen molar-refractivity contribution in [2.45, 2.75) is 12.5 Å². The van der Waals surface area contributed by atoms with E-state index in [1.165, 1.54) is 16.8 Å². The summed E-state index contributed by atoms with van der Waals surface area (Å²) in [5, 5.41) is 0. The predicted molar refractivity (Wildman–Crippen MR) is 84.2 cm³/mol. The molecule has 0 radical (unpaired) electrons. The van der Waals surface area contributed by atoms with E-state index in [1.807, 2.05) is 0 Å². The minimum atomic E-state index is 0.350. The molecule has 0 fully saturated rings. The highest BCUT2D eigenvalue weighted by molar-refractivity contribution is 6.13. The third kappa shape index (κ3) is 1.94. The molecule has 2 aliphatic rings. The topological polar surface area (TPSA) is 15.6 Å². The first-order valence-corrected chi connectivity index (χ1v) is 7.06. The van der Waals surface area contributed by atoms with Gasteiger partial charge in [0.05, 0.1) is 6.04 Å². The standard InChI is InChI=1S/C18H16N2/c1-2-6-14(7-3-1)12-16-13-20-17-9-5-4-8-15(17)10-11-18(20)19-16/h1-11,16H,12-13H2/t16-/m0/s1. The monoisotopic (exact) mass is 260 g/mol. The van der Waals surface area contributed by atoms with Crippen molar-refractivity contribution >= 4 is 17.6 Å². The van der Waals surface area contributed by atoms with Gasteiger partial charge in [0.2, 0.25) is 0 Å². The van der Waals surface area contributed by atoms with E-state index in [2.05, 4.69) is 71.6 Å². The van der Waals surface area contributed by atoms with Crippen molar-refractivity contribution < 1.29 is 0 Å². The Morgan fingerprint density at radius 1 is 0.950 bits per heavy atom. The highest BCUT2D eigenvalue weighted by Crippen LogP contribution is 2.30. The van der Waals surface area contributed by atoms with Crippen LogP contribution in [0.2, 0.25) is 0 Å². The lowest BCUT2D eigenvalue weighted by molar-refractivity contribution is 0.713. The van der Waals surface area contributed by atoms with Gasteiger partial charge in [0.25, 0.3) is 0 Å². The van der Waals surface area contributed by atoms with Crippen LogP contribution in [0.5, 0.6) is 0 Å². The van der Waals surface area contributed by atoms with Crippen molar-refractivity contribution in [1.29, 1.82) is 0 Å². The second-order valence-corrected chi connectivity index (χ2v) is 5.33. The largest absolute Gasteiger partial charge is 0.324 e. The summed E-state index contributed by atoms with van der Waals surface area (Å²) in [6, 6.07) is 19.5. The zero-order valence-corrected chi connectivity index (χ0v) is 11.2. The molecule has 0 aromatic heterocycles. The average Bonchev–Trinajstić information content (AvgIpc) is 2.91. The van der Waals surface area contributed by atoms with Crippen molar-refractivity contribution in [1.82, 2.24) is 0 Å². The van der Waals surface area contributed by atoms with Gasteiger partial charge in [-0.05, 0) is 35.8 Å². The van der Waals surface area contributed by atoms with Gasteiger partial charge < -0.3 is 4.90 Å². The zero-order chi connectivity index (χ0) is 13.4. The van der Waals surface area contributed by atoms with Crippen molar-refractivity contribution in [2.24, 2.45) is 4.99 Å². The Labute approximate surface area is 119 Å². The summed E-state index contributed by atoms with van der Waals surface area (Å²) < 4.78 is 0. The Hall–Kier alpha value is -2.35. The summed E-state index contributed by atoms with van der Waals surface area (Å²) in [5.74, 6) is 1.10. The normalized spacial score (nSPS) is 19.5. The van der Waals surface area contributed by atoms with Crippen LogP contribution in [0, 0.1) is 0 Å². The molecule has 0 N–H and O–H groups in total. The summed E-state index contributed by atoms with van der Waals surface area (Å²) >= 11 is 0. The van der Waals surface area contributed by atoms with Gasteiger partial charge in [-0.1, -0.05) is 48.5 Å². The van der Waals surface area contributed by atoms with E-state index in [-0.39, 0.29) is 0 Å². The van der Waals surface area contributed by atoms with Crippen LogP contribution in [0.15, 0.2) is 65.7 Å². The first kappa shape index (κ1) is 11.5. The molecule has 2 aromatic rings.